The number of thiazole rings is 1. The molecule has 124 valence electrons. The van der Waals surface area contributed by atoms with Gasteiger partial charge in [0, 0.05) is 10.4 Å². The van der Waals surface area contributed by atoms with E-state index in [-0.39, 0.29) is 11.7 Å². The van der Waals surface area contributed by atoms with Crippen LogP contribution in [0.2, 0.25) is 0 Å². The molecule has 0 radical (unpaired) electrons. The zero-order valence-electron chi connectivity index (χ0n) is 13.5. The van der Waals surface area contributed by atoms with Crippen molar-refractivity contribution in [2.45, 2.75) is 19.8 Å². The Morgan fingerprint density at radius 1 is 1.29 bits per heavy atom. The molecule has 3 rings (SSSR count). The number of nitrogens with zero attached hydrogens (tertiary/aromatic N) is 1. The molecule has 0 spiro atoms. The summed E-state index contributed by atoms with van der Waals surface area (Å²) in [4.78, 5) is 17.9. The molecule has 2 aromatic heterocycles. The molecule has 0 saturated heterocycles. The van der Waals surface area contributed by atoms with E-state index in [2.05, 4.69) is 17.2 Å². The van der Waals surface area contributed by atoms with Gasteiger partial charge in [0.25, 0.3) is 5.91 Å². The van der Waals surface area contributed by atoms with E-state index in [1.165, 1.54) is 17.6 Å². The average Bonchev–Trinajstić information content (AvgIpc) is 3.25. The molecular formula is C18H18N2O3S. The molecule has 5 nitrogen and oxygen atoms in total. The van der Waals surface area contributed by atoms with Crippen LogP contribution in [0.25, 0.3) is 11.3 Å². The van der Waals surface area contributed by atoms with Crippen LogP contribution in [0, 0.1) is 0 Å². The van der Waals surface area contributed by atoms with Crippen LogP contribution < -0.4 is 10.1 Å². The lowest BCUT2D eigenvalue weighted by molar-refractivity contribution is 0.0996. The van der Waals surface area contributed by atoms with Gasteiger partial charge in [-0.25, -0.2) is 4.98 Å². The summed E-state index contributed by atoms with van der Waals surface area (Å²) >= 11 is 1.50. The van der Waals surface area contributed by atoms with E-state index < -0.39 is 0 Å². The molecule has 1 amide bonds. The lowest BCUT2D eigenvalue weighted by Gasteiger charge is -2.03. The number of methoxy groups -OCH3 is 1. The third-order valence-electron chi connectivity index (χ3n) is 3.50. The molecule has 0 saturated carbocycles. The third kappa shape index (κ3) is 3.49. The van der Waals surface area contributed by atoms with Crippen LogP contribution in [0.5, 0.6) is 5.75 Å². The van der Waals surface area contributed by atoms with Crippen molar-refractivity contribution in [2.75, 3.05) is 12.4 Å². The molecule has 0 unspecified atom stereocenters. The van der Waals surface area contributed by atoms with Crippen molar-refractivity contribution in [3.63, 3.8) is 0 Å². The van der Waals surface area contributed by atoms with Crippen molar-refractivity contribution in [3.05, 3.63) is 53.3 Å². The summed E-state index contributed by atoms with van der Waals surface area (Å²) in [5.41, 5.74) is 1.91. The first-order valence-electron chi connectivity index (χ1n) is 7.70. The molecule has 0 fully saturated rings. The number of anilines is 1. The van der Waals surface area contributed by atoms with Crippen LogP contribution in [0.3, 0.4) is 0 Å². The van der Waals surface area contributed by atoms with Gasteiger partial charge in [0.1, 0.15) is 5.75 Å². The van der Waals surface area contributed by atoms with E-state index in [0.29, 0.717) is 5.13 Å². The number of hydrogen-bond acceptors (Lipinski definition) is 5. The van der Waals surface area contributed by atoms with Crippen molar-refractivity contribution in [2.24, 2.45) is 0 Å². The maximum absolute atomic E-state index is 12.1. The van der Waals surface area contributed by atoms with E-state index >= 15 is 0 Å². The highest BCUT2D eigenvalue weighted by Crippen LogP contribution is 2.33. The Balaban J connectivity index is 1.88. The monoisotopic (exact) mass is 342 g/mol. The SMILES string of the molecule is CCCc1sc(NC(=O)c2ccco2)nc1-c1ccc(OC)cc1. The Morgan fingerprint density at radius 3 is 2.71 bits per heavy atom. The molecule has 1 N–H and O–H groups in total. The second-order valence-electron chi connectivity index (χ2n) is 5.20. The molecule has 0 atom stereocenters. The van der Waals surface area contributed by atoms with Gasteiger partial charge in [-0.1, -0.05) is 13.3 Å². The third-order valence-corrected chi connectivity index (χ3v) is 4.53. The minimum Gasteiger partial charge on any atom is -0.497 e. The van der Waals surface area contributed by atoms with Gasteiger partial charge in [-0.2, -0.15) is 0 Å². The van der Waals surface area contributed by atoms with Crippen LogP contribution in [-0.4, -0.2) is 18.0 Å². The number of amides is 1. The van der Waals surface area contributed by atoms with Crippen molar-refractivity contribution in [3.8, 4) is 17.0 Å². The second-order valence-corrected chi connectivity index (χ2v) is 6.28. The normalized spacial score (nSPS) is 10.6. The number of furan rings is 1. The summed E-state index contributed by atoms with van der Waals surface area (Å²) in [6.07, 6.45) is 3.40. The number of carbonyl (C=O) groups excluding carboxylic acids is 1. The van der Waals surface area contributed by atoms with Gasteiger partial charge >= 0.3 is 0 Å². The second kappa shape index (κ2) is 7.31. The number of carbonyl (C=O) groups is 1. The number of hydrogen-bond donors (Lipinski definition) is 1. The van der Waals surface area contributed by atoms with Crippen molar-refractivity contribution in [1.29, 1.82) is 0 Å². The first kappa shape index (κ1) is 16.3. The number of rotatable bonds is 6. The Morgan fingerprint density at radius 2 is 2.08 bits per heavy atom. The van der Waals surface area contributed by atoms with E-state index in [4.69, 9.17) is 9.15 Å². The summed E-state index contributed by atoms with van der Waals surface area (Å²) in [5.74, 6) is 0.781. The highest BCUT2D eigenvalue weighted by molar-refractivity contribution is 7.16. The Kier molecular flexibility index (Phi) is 4.96. The molecule has 24 heavy (non-hydrogen) atoms. The minimum atomic E-state index is -0.293. The standard InChI is InChI=1S/C18H18N2O3S/c1-3-5-15-16(12-7-9-13(22-2)10-8-12)19-18(24-15)20-17(21)14-6-4-11-23-14/h4,6-11H,3,5H2,1-2H3,(H,19,20,21). The number of ether oxygens (including phenoxy) is 1. The summed E-state index contributed by atoms with van der Waals surface area (Å²) in [6, 6.07) is 11.1. The predicted molar refractivity (Wildman–Crippen MR) is 94.8 cm³/mol. The first-order chi connectivity index (χ1) is 11.7. The highest BCUT2D eigenvalue weighted by atomic mass is 32.1. The van der Waals surface area contributed by atoms with Crippen LogP contribution in [0.4, 0.5) is 5.13 Å². The van der Waals surface area contributed by atoms with Crippen molar-refractivity contribution >= 4 is 22.4 Å². The average molecular weight is 342 g/mol. The number of benzene rings is 1. The minimum absolute atomic E-state index is 0.272. The molecule has 1 aromatic carbocycles. The number of nitrogens with one attached hydrogen (secondary N) is 1. The van der Waals surface area contributed by atoms with Crippen LogP contribution in [-0.2, 0) is 6.42 Å². The molecule has 3 aromatic rings. The van der Waals surface area contributed by atoms with Gasteiger partial charge < -0.3 is 9.15 Å². The first-order valence-corrected chi connectivity index (χ1v) is 8.52. The topological polar surface area (TPSA) is 64.4 Å². The summed E-state index contributed by atoms with van der Waals surface area (Å²) in [7, 11) is 1.64. The maximum atomic E-state index is 12.1. The molecule has 0 aliphatic rings. The molecule has 2 heterocycles. The Bertz CT molecular complexity index is 807. The van der Waals surface area contributed by atoms with Crippen LogP contribution in [0.15, 0.2) is 47.1 Å². The summed E-state index contributed by atoms with van der Waals surface area (Å²) in [5, 5.41) is 3.38. The number of aromatic nitrogens is 1. The van der Waals surface area contributed by atoms with E-state index in [1.54, 1.807) is 19.2 Å². The van der Waals surface area contributed by atoms with Gasteiger partial charge in [-0.15, -0.1) is 11.3 Å². The zero-order chi connectivity index (χ0) is 16.9. The maximum Gasteiger partial charge on any atom is 0.293 e. The van der Waals surface area contributed by atoms with E-state index in [0.717, 1.165) is 34.7 Å². The molecule has 0 aliphatic heterocycles. The van der Waals surface area contributed by atoms with Gasteiger partial charge in [0.15, 0.2) is 10.9 Å². The molecule has 0 bridgehead atoms. The fourth-order valence-corrected chi connectivity index (χ4v) is 3.42. The van der Waals surface area contributed by atoms with Crippen molar-refractivity contribution in [1.82, 2.24) is 4.98 Å². The number of aryl methyl sites for hydroxylation is 1. The van der Waals surface area contributed by atoms with Gasteiger partial charge in [0.2, 0.25) is 0 Å². The van der Waals surface area contributed by atoms with Crippen LogP contribution in [0.1, 0.15) is 28.8 Å². The predicted octanol–water partition coefficient (Wildman–Crippen LogP) is 4.62. The van der Waals surface area contributed by atoms with E-state index in [1.807, 2.05) is 24.3 Å². The highest BCUT2D eigenvalue weighted by Gasteiger charge is 2.16. The lowest BCUT2D eigenvalue weighted by atomic mass is 10.1. The van der Waals surface area contributed by atoms with Gasteiger partial charge in [-0.05, 0) is 42.8 Å². The van der Waals surface area contributed by atoms with Gasteiger partial charge in [-0.3, -0.25) is 10.1 Å². The summed E-state index contributed by atoms with van der Waals surface area (Å²) in [6.45, 7) is 2.12. The smallest absolute Gasteiger partial charge is 0.293 e. The largest absolute Gasteiger partial charge is 0.497 e. The Labute approximate surface area is 144 Å². The van der Waals surface area contributed by atoms with E-state index in [9.17, 15) is 4.79 Å². The quantitative estimate of drug-likeness (QED) is 0.710. The van der Waals surface area contributed by atoms with Crippen molar-refractivity contribution < 1.29 is 13.9 Å². The summed E-state index contributed by atoms with van der Waals surface area (Å²) < 4.78 is 10.3. The fraction of sp³-hybridized carbons (Fsp3) is 0.222. The van der Waals surface area contributed by atoms with Gasteiger partial charge in [0.05, 0.1) is 19.1 Å². The Hall–Kier alpha value is -2.60. The lowest BCUT2D eigenvalue weighted by Crippen LogP contribution is -2.10. The molecular weight excluding hydrogens is 324 g/mol. The molecule has 0 aliphatic carbocycles. The zero-order valence-corrected chi connectivity index (χ0v) is 14.4. The molecule has 6 heteroatoms. The van der Waals surface area contributed by atoms with Crippen LogP contribution >= 0.6 is 11.3 Å². The fourth-order valence-electron chi connectivity index (χ4n) is 2.34.